The number of carbonyl (C=O) groups is 1. The topological polar surface area (TPSA) is 26.3 Å². The molecule has 0 amide bonds. The van der Waals surface area contributed by atoms with Gasteiger partial charge in [0, 0.05) is 11.6 Å². The van der Waals surface area contributed by atoms with Gasteiger partial charge in [-0.2, -0.15) is 0 Å². The van der Waals surface area contributed by atoms with Crippen LogP contribution in [-0.2, 0) is 4.79 Å². The van der Waals surface area contributed by atoms with Crippen LogP contribution in [0.3, 0.4) is 0 Å². The monoisotopic (exact) mass is 372 g/mol. The number of rotatable bonds is 6. The molecule has 0 radical (unpaired) electrons. The first kappa shape index (κ1) is 19.5. The van der Waals surface area contributed by atoms with Crippen LogP contribution in [0.1, 0.15) is 51.9 Å². The van der Waals surface area contributed by atoms with Crippen LogP contribution in [-0.4, -0.2) is 5.97 Å². The average molecular weight is 372 g/mol. The highest BCUT2D eigenvalue weighted by molar-refractivity contribution is 5.75. The third kappa shape index (κ3) is 5.15. The van der Waals surface area contributed by atoms with Crippen molar-refractivity contribution in [2.24, 2.45) is 11.8 Å². The maximum atomic E-state index is 14.4. The fourth-order valence-corrected chi connectivity index (χ4v) is 3.80. The van der Waals surface area contributed by atoms with E-state index >= 15 is 0 Å². The second-order valence-electron chi connectivity index (χ2n) is 7.43. The zero-order valence-corrected chi connectivity index (χ0v) is 15.7. The summed E-state index contributed by atoms with van der Waals surface area (Å²) in [6, 6.07) is 10.0. The van der Waals surface area contributed by atoms with Gasteiger partial charge in [0.05, 0.1) is 5.92 Å². The maximum Gasteiger partial charge on any atom is 0.314 e. The van der Waals surface area contributed by atoms with Gasteiger partial charge in [-0.15, -0.1) is 0 Å². The fourth-order valence-electron chi connectivity index (χ4n) is 3.80. The van der Waals surface area contributed by atoms with Gasteiger partial charge < -0.3 is 4.74 Å². The SMILES string of the molecule is CCCC[C@H]1CC[C@H](C(=O)Oc2ccc(-c3ccc(F)cc3)c(F)c2)CC1. The van der Waals surface area contributed by atoms with Crippen molar-refractivity contribution in [2.75, 3.05) is 0 Å². The molecule has 144 valence electrons. The Morgan fingerprint density at radius 2 is 1.74 bits per heavy atom. The van der Waals surface area contributed by atoms with Gasteiger partial charge in [-0.05, 0) is 61.4 Å². The number of unbranched alkanes of at least 4 members (excludes halogenated alkanes) is 1. The van der Waals surface area contributed by atoms with Crippen LogP contribution in [0.2, 0.25) is 0 Å². The van der Waals surface area contributed by atoms with E-state index < -0.39 is 5.82 Å². The zero-order valence-electron chi connectivity index (χ0n) is 15.7. The number of carbonyl (C=O) groups excluding carboxylic acids is 1. The van der Waals surface area contributed by atoms with E-state index in [1.807, 2.05) is 0 Å². The van der Waals surface area contributed by atoms with Crippen LogP contribution in [0.5, 0.6) is 5.75 Å². The molecule has 0 saturated heterocycles. The predicted octanol–water partition coefficient (Wildman–Crippen LogP) is 6.53. The van der Waals surface area contributed by atoms with Crippen molar-refractivity contribution in [1.82, 2.24) is 0 Å². The van der Waals surface area contributed by atoms with Gasteiger partial charge in [-0.25, -0.2) is 8.78 Å². The molecule has 0 bridgehead atoms. The summed E-state index contributed by atoms with van der Waals surface area (Å²) < 4.78 is 32.9. The quantitative estimate of drug-likeness (QED) is 0.425. The molecule has 0 atom stereocenters. The Labute approximate surface area is 159 Å². The number of benzene rings is 2. The first-order valence-electron chi connectivity index (χ1n) is 9.84. The third-order valence-electron chi connectivity index (χ3n) is 5.46. The molecule has 2 aromatic rings. The Morgan fingerprint density at radius 1 is 1.04 bits per heavy atom. The Balaban J connectivity index is 1.59. The summed E-state index contributed by atoms with van der Waals surface area (Å²) >= 11 is 0. The minimum Gasteiger partial charge on any atom is -0.426 e. The third-order valence-corrected chi connectivity index (χ3v) is 5.46. The standard InChI is InChI=1S/C23H26F2O2/c1-2-3-4-16-5-7-18(8-6-16)23(26)27-20-13-14-21(22(25)15-20)17-9-11-19(24)12-10-17/h9-16,18H,2-8H2,1H3/t16-,18-. The summed E-state index contributed by atoms with van der Waals surface area (Å²) in [6.45, 7) is 2.20. The molecule has 0 aliphatic heterocycles. The van der Waals surface area contributed by atoms with Gasteiger partial charge in [0.2, 0.25) is 0 Å². The molecule has 2 aromatic carbocycles. The largest absolute Gasteiger partial charge is 0.426 e. The van der Waals surface area contributed by atoms with Crippen molar-refractivity contribution >= 4 is 5.97 Å². The lowest BCUT2D eigenvalue weighted by atomic mass is 9.80. The Bertz CT molecular complexity index is 762. The summed E-state index contributed by atoms with van der Waals surface area (Å²) in [7, 11) is 0. The molecule has 0 aromatic heterocycles. The molecule has 0 spiro atoms. The molecule has 1 aliphatic carbocycles. The zero-order chi connectivity index (χ0) is 19.2. The highest BCUT2D eigenvalue weighted by atomic mass is 19.1. The number of esters is 1. The minimum atomic E-state index is -0.491. The lowest BCUT2D eigenvalue weighted by Crippen LogP contribution is -2.25. The van der Waals surface area contributed by atoms with Crippen molar-refractivity contribution in [3.63, 3.8) is 0 Å². The van der Waals surface area contributed by atoms with Gasteiger partial charge in [0.25, 0.3) is 0 Å². The van der Waals surface area contributed by atoms with Crippen molar-refractivity contribution in [2.45, 2.75) is 51.9 Å². The van der Waals surface area contributed by atoms with Crippen LogP contribution in [0, 0.1) is 23.5 Å². The van der Waals surface area contributed by atoms with Gasteiger partial charge in [-0.3, -0.25) is 4.79 Å². The Kier molecular flexibility index (Phi) is 6.59. The van der Waals surface area contributed by atoms with Gasteiger partial charge in [0.15, 0.2) is 0 Å². The molecule has 27 heavy (non-hydrogen) atoms. The van der Waals surface area contributed by atoms with Crippen molar-refractivity contribution in [3.8, 4) is 16.9 Å². The van der Waals surface area contributed by atoms with E-state index in [-0.39, 0.29) is 23.5 Å². The Hall–Kier alpha value is -2.23. The second-order valence-corrected chi connectivity index (χ2v) is 7.43. The summed E-state index contributed by atoms with van der Waals surface area (Å²) in [6.07, 6.45) is 7.54. The molecular weight excluding hydrogens is 346 g/mol. The lowest BCUT2D eigenvalue weighted by molar-refractivity contribution is -0.140. The van der Waals surface area contributed by atoms with Gasteiger partial charge >= 0.3 is 5.97 Å². The summed E-state index contributed by atoms with van der Waals surface area (Å²) in [5.74, 6) is -0.275. The van der Waals surface area contributed by atoms with Gasteiger partial charge in [0.1, 0.15) is 17.4 Å². The molecule has 1 aliphatic rings. The van der Waals surface area contributed by atoms with Crippen molar-refractivity contribution in [1.29, 1.82) is 0 Å². The summed E-state index contributed by atoms with van der Waals surface area (Å²) in [5, 5.41) is 0. The predicted molar refractivity (Wildman–Crippen MR) is 102 cm³/mol. The highest BCUT2D eigenvalue weighted by Crippen LogP contribution is 2.33. The maximum absolute atomic E-state index is 14.4. The average Bonchev–Trinajstić information content (AvgIpc) is 2.68. The molecule has 3 rings (SSSR count). The molecule has 0 unspecified atom stereocenters. The van der Waals surface area contributed by atoms with E-state index in [0.29, 0.717) is 11.1 Å². The normalized spacial score (nSPS) is 19.7. The minimum absolute atomic E-state index is 0.0947. The Morgan fingerprint density at radius 3 is 2.37 bits per heavy atom. The lowest BCUT2D eigenvalue weighted by Gasteiger charge is -2.27. The van der Waals surface area contributed by atoms with E-state index in [0.717, 1.165) is 31.6 Å². The summed E-state index contributed by atoms with van der Waals surface area (Å²) in [5.41, 5.74) is 0.934. The van der Waals surface area contributed by atoms with Crippen molar-refractivity contribution in [3.05, 3.63) is 54.1 Å². The first-order chi connectivity index (χ1) is 13.1. The molecule has 0 heterocycles. The molecule has 2 nitrogen and oxygen atoms in total. The number of hydrogen-bond donors (Lipinski definition) is 0. The number of halogens is 2. The molecule has 4 heteroatoms. The van der Waals surface area contributed by atoms with Crippen LogP contribution >= 0.6 is 0 Å². The molecular formula is C23H26F2O2. The molecule has 1 fully saturated rings. The van der Waals surface area contributed by atoms with E-state index in [9.17, 15) is 13.6 Å². The van der Waals surface area contributed by atoms with Crippen LogP contribution < -0.4 is 4.74 Å². The van der Waals surface area contributed by atoms with E-state index in [1.165, 1.54) is 49.6 Å². The molecule has 0 N–H and O–H groups in total. The van der Waals surface area contributed by atoms with E-state index in [2.05, 4.69) is 6.92 Å². The fraction of sp³-hybridized carbons (Fsp3) is 0.435. The van der Waals surface area contributed by atoms with Crippen molar-refractivity contribution < 1.29 is 18.3 Å². The van der Waals surface area contributed by atoms with E-state index in [4.69, 9.17) is 4.74 Å². The van der Waals surface area contributed by atoms with Crippen LogP contribution in [0.25, 0.3) is 11.1 Å². The van der Waals surface area contributed by atoms with Crippen LogP contribution in [0.4, 0.5) is 8.78 Å². The first-order valence-corrected chi connectivity index (χ1v) is 9.84. The number of hydrogen-bond acceptors (Lipinski definition) is 2. The highest BCUT2D eigenvalue weighted by Gasteiger charge is 2.27. The molecule has 1 saturated carbocycles. The number of ether oxygens (including phenoxy) is 1. The smallest absolute Gasteiger partial charge is 0.314 e. The van der Waals surface area contributed by atoms with E-state index in [1.54, 1.807) is 12.1 Å². The summed E-state index contributed by atoms with van der Waals surface area (Å²) in [4.78, 5) is 12.4. The van der Waals surface area contributed by atoms with Crippen LogP contribution in [0.15, 0.2) is 42.5 Å². The van der Waals surface area contributed by atoms with Gasteiger partial charge in [-0.1, -0.05) is 38.3 Å². The second kappa shape index (κ2) is 9.12.